The molecule has 4 rings (SSSR count). The van der Waals surface area contributed by atoms with Gasteiger partial charge in [0.1, 0.15) is 6.10 Å². The third-order valence-electron chi connectivity index (χ3n) is 6.25. The molecule has 1 aliphatic heterocycles. The highest BCUT2D eigenvalue weighted by Gasteiger charge is 2.20. The Morgan fingerprint density at radius 3 is 2.58 bits per heavy atom. The van der Waals surface area contributed by atoms with Gasteiger partial charge >= 0.3 is 0 Å². The third kappa shape index (κ3) is 6.69. The van der Waals surface area contributed by atoms with Gasteiger partial charge in [0, 0.05) is 51.5 Å². The predicted molar refractivity (Wildman–Crippen MR) is 125 cm³/mol. The van der Waals surface area contributed by atoms with Crippen molar-refractivity contribution in [2.24, 2.45) is 4.99 Å². The van der Waals surface area contributed by atoms with E-state index in [2.05, 4.69) is 55.8 Å². The van der Waals surface area contributed by atoms with Crippen LogP contribution in [-0.4, -0.2) is 48.1 Å². The maximum absolute atomic E-state index is 6.03. The van der Waals surface area contributed by atoms with E-state index in [1.165, 1.54) is 18.4 Å². The van der Waals surface area contributed by atoms with Crippen LogP contribution in [0, 0.1) is 0 Å². The molecule has 0 unspecified atom stereocenters. The minimum Gasteiger partial charge on any atom is -0.474 e. The third-order valence-corrected chi connectivity index (χ3v) is 6.25. The first kappa shape index (κ1) is 21.6. The molecule has 6 nitrogen and oxygen atoms in total. The fourth-order valence-electron chi connectivity index (χ4n) is 4.45. The standard InChI is InChI=1S/C25H35N5O/c1-26-25(28-18-21-11-14-27-24(17-21)31-23-9-5-6-10-23)29-22-12-15-30(16-13-22)19-20-7-3-2-4-8-20/h2-4,7-8,11,14,17,22-23H,5-6,9-10,12-13,15-16,18-19H2,1H3,(H2,26,28,29). The van der Waals surface area contributed by atoms with Crippen molar-refractivity contribution < 1.29 is 4.74 Å². The molecule has 1 aromatic carbocycles. The van der Waals surface area contributed by atoms with E-state index < -0.39 is 0 Å². The van der Waals surface area contributed by atoms with Crippen molar-refractivity contribution in [3.63, 3.8) is 0 Å². The molecular weight excluding hydrogens is 386 g/mol. The van der Waals surface area contributed by atoms with E-state index in [0.717, 1.165) is 62.7 Å². The van der Waals surface area contributed by atoms with Crippen LogP contribution in [0.3, 0.4) is 0 Å². The molecule has 6 heteroatoms. The number of pyridine rings is 1. The first-order valence-corrected chi connectivity index (χ1v) is 11.6. The number of guanidine groups is 1. The highest BCUT2D eigenvalue weighted by Crippen LogP contribution is 2.23. The molecule has 2 fully saturated rings. The van der Waals surface area contributed by atoms with Gasteiger partial charge in [-0.1, -0.05) is 30.3 Å². The molecule has 1 saturated carbocycles. The van der Waals surface area contributed by atoms with Gasteiger partial charge in [-0.3, -0.25) is 9.89 Å². The number of ether oxygens (including phenoxy) is 1. The molecule has 1 aliphatic carbocycles. The zero-order valence-electron chi connectivity index (χ0n) is 18.6. The van der Waals surface area contributed by atoms with Crippen LogP contribution in [-0.2, 0) is 13.1 Å². The highest BCUT2D eigenvalue weighted by atomic mass is 16.5. The molecule has 2 N–H and O–H groups in total. The van der Waals surface area contributed by atoms with E-state index >= 15 is 0 Å². The molecule has 0 amide bonds. The molecule has 2 aliphatic rings. The van der Waals surface area contributed by atoms with Gasteiger partial charge in [0.15, 0.2) is 5.96 Å². The average molecular weight is 422 g/mol. The summed E-state index contributed by atoms with van der Waals surface area (Å²) in [6.45, 7) is 3.95. The molecular formula is C25H35N5O. The summed E-state index contributed by atoms with van der Waals surface area (Å²) in [6.07, 6.45) is 9.23. The van der Waals surface area contributed by atoms with Crippen molar-refractivity contribution in [1.82, 2.24) is 20.5 Å². The van der Waals surface area contributed by atoms with Crippen molar-refractivity contribution in [1.29, 1.82) is 0 Å². The number of hydrogen-bond acceptors (Lipinski definition) is 4. The van der Waals surface area contributed by atoms with Crippen molar-refractivity contribution in [2.45, 2.75) is 63.8 Å². The summed E-state index contributed by atoms with van der Waals surface area (Å²) in [6, 6.07) is 15.3. The molecule has 31 heavy (non-hydrogen) atoms. The predicted octanol–water partition coefficient (Wildman–Crippen LogP) is 3.73. The van der Waals surface area contributed by atoms with Gasteiger partial charge in [-0.05, 0) is 55.7 Å². The zero-order valence-corrected chi connectivity index (χ0v) is 18.6. The van der Waals surface area contributed by atoms with Crippen LogP contribution in [0.5, 0.6) is 5.88 Å². The Bertz CT molecular complexity index is 827. The number of aliphatic imine (C=N–C) groups is 1. The van der Waals surface area contributed by atoms with Crippen molar-refractivity contribution >= 4 is 5.96 Å². The van der Waals surface area contributed by atoms with Gasteiger partial charge in [-0.2, -0.15) is 0 Å². The van der Waals surface area contributed by atoms with Crippen LogP contribution in [0.15, 0.2) is 53.7 Å². The Balaban J connectivity index is 1.20. The van der Waals surface area contributed by atoms with Crippen LogP contribution in [0.2, 0.25) is 0 Å². The summed E-state index contributed by atoms with van der Waals surface area (Å²) in [5.74, 6) is 1.59. The summed E-state index contributed by atoms with van der Waals surface area (Å²) in [4.78, 5) is 11.3. The number of aromatic nitrogens is 1. The highest BCUT2D eigenvalue weighted by molar-refractivity contribution is 5.79. The monoisotopic (exact) mass is 421 g/mol. The SMILES string of the molecule is CN=C(NCc1ccnc(OC2CCCC2)c1)NC1CCN(Cc2ccccc2)CC1. The topological polar surface area (TPSA) is 61.8 Å². The first-order chi connectivity index (χ1) is 15.3. The number of hydrogen-bond donors (Lipinski definition) is 2. The lowest BCUT2D eigenvalue weighted by molar-refractivity contribution is 0.198. The Labute approximate surface area is 186 Å². The molecule has 1 saturated heterocycles. The summed E-state index contributed by atoms with van der Waals surface area (Å²) in [5.41, 5.74) is 2.55. The normalized spacial score (nSPS) is 18.8. The lowest BCUT2D eigenvalue weighted by Crippen LogP contribution is -2.48. The maximum atomic E-state index is 6.03. The minimum atomic E-state index is 0.331. The number of benzene rings is 1. The number of nitrogens with zero attached hydrogens (tertiary/aromatic N) is 3. The quantitative estimate of drug-likeness (QED) is 0.527. The Kier molecular flexibility index (Phi) is 7.77. The summed E-state index contributed by atoms with van der Waals surface area (Å²) in [7, 11) is 1.83. The van der Waals surface area contributed by atoms with Gasteiger partial charge in [-0.15, -0.1) is 0 Å². The fourth-order valence-corrected chi connectivity index (χ4v) is 4.45. The van der Waals surface area contributed by atoms with Gasteiger partial charge in [0.25, 0.3) is 0 Å². The minimum absolute atomic E-state index is 0.331. The Morgan fingerprint density at radius 1 is 1.06 bits per heavy atom. The van der Waals surface area contributed by atoms with E-state index in [-0.39, 0.29) is 0 Å². The largest absolute Gasteiger partial charge is 0.474 e. The molecule has 2 aromatic rings. The molecule has 0 bridgehead atoms. The smallest absolute Gasteiger partial charge is 0.213 e. The van der Waals surface area contributed by atoms with Gasteiger partial charge < -0.3 is 15.4 Å². The number of nitrogens with one attached hydrogen (secondary N) is 2. The van der Waals surface area contributed by atoms with Gasteiger partial charge in [-0.25, -0.2) is 4.98 Å². The van der Waals surface area contributed by atoms with Crippen LogP contribution in [0.4, 0.5) is 0 Å². The van der Waals surface area contributed by atoms with Gasteiger partial charge in [0.2, 0.25) is 5.88 Å². The summed E-state index contributed by atoms with van der Waals surface area (Å²) in [5, 5.41) is 7.05. The van der Waals surface area contributed by atoms with Gasteiger partial charge in [0.05, 0.1) is 0 Å². The second-order valence-corrected chi connectivity index (χ2v) is 8.63. The van der Waals surface area contributed by atoms with Crippen molar-refractivity contribution in [3.05, 3.63) is 59.8 Å². The van der Waals surface area contributed by atoms with E-state index in [1.54, 1.807) is 0 Å². The molecule has 1 aromatic heterocycles. The van der Waals surface area contributed by atoms with Crippen LogP contribution >= 0.6 is 0 Å². The molecule has 166 valence electrons. The zero-order chi connectivity index (χ0) is 21.3. The summed E-state index contributed by atoms with van der Waals surface area (Å²) >= 11 is 0. The second-order valence-electron chi connectivity index (χ2n) is 8.63. The van der Waals surface area contributed by atoms with Crippen LogP contribution in [0.25, 0.3) is 0 Å². The fraction of sp³-hybridized carbons (Fsp3) is 0.520. The molecule has 0 atom stereocenters. The van der Waals surface area contributed by atoms with Crippen LogP contribution < -0.4 is 15.4 Å². The van der Waals surface area contributed by atoms with Crippen molar-refractivity contribution in [2.75, 3.05) is 20.1 Å². The Hall–Kier alpha value is -2.60. The lowest BCUT2D eigenvalue weighted by Gasteiger charge is -2.33. The van der Waals surface area contributed by atoms with Crippen molar-refractivity contribution in [3.8, 4) is 5.88 Å². The average Bonchev–Trinajstić information content (AvgIpc) is 3.32. The number of piperidine rings is 1. The molecule has 2 heterocycles. The summed E-state index contributed by atoms with van der Waals surface area (Å²) < 4.78 is 6.03. The number of rotatable bonds is 7. The Morgan fingerprint density at radius 2 is 1.84 bits per heavy atom. The van der Waals surface area contributed by atoms with E-state index in [0.29, 0.717) is 18.7 Å². The first-order valence-electron chi connectivity index (χ1n) is 11.6. The second kappa shape index (κ2) is 11.1. The van der Waals surface area contributed by atoms with E-state index in [4.69, 9.17) is 4.74 Å². The molecule has 0 radical (unpaired) electrons. The van der Waals surface area contributed by atoms with Crippen LogP contribution in [0.1, 0.15) is 49.7 Å². The van der Waals surface area contributed by atoms with E-state index in [9.17, 15) is 0 Å². The molecule has 0 spiro atoms. The number of likely N-dealkylation sites (tertiary alicyclic amines) is 1. The maximum Gasteiger partial charge on any atom is 0.213 e. The lowest BCUT2D eigenvalue weighted by atomic mass is 10.0. The van der Waals surface area contributed by atoms with E-state index in [1.807, 2.05) is 25.4 Å².